The van der Waals surface area contributed by atoms with Crippen LogP contribution >= 0.6 is 11.8 Å². The number of thioether (sulfide) groups is 1. The number of carbonyl (C=O) groups excluding carboxylic acids is 1. The van der Waals surface area contributed by atoms with Gasteiger partial charge in [-0.05, 0) is 42.7 Å². The molecule has 132 valence electrons. The Kier molecular flexibility index (Phi) is 6.17. The number of rotatable bonds is 7. The van der Waals surface area contributed by atoms with Crippen LogP contribution in [0, 0.1) is 0 Å². The van der Waals surface area contributed by atoms with E-state index >= 15 is 0 Å². The average molecular weight is 364 g/mol. The van der Waals surface area contributed by atoms with Crippen molar-refractivity contribution in [3.05, 3.63) is 78.9 Å². The molecule has 5 heteroatoms. The number of nitrogens with one attached hydrogen (secondary N) is 2. The van der Waals surface area contributed by atoms with Gasteiger partial charge in [0.2, 0.25) is 5.91 Å². The van der Waals surface area contributed by atoms with Gasteiger partial charge in [-0.3, -0.25) is 4.79 Å². The number of amides is 1. The van der Waals surface area contributed by atoms with Gasteiger partial charge in [0.25, 0.3) is 0 Å². The molecule has 0 aromatic heterocycles. The molecule has 26 heavy (non-hydrogen) atoms. The smallest absolute Gasteiger partial charge is 0.243 e. The van der Waals surface area contributed by atoms with E-state index in [0.717, 1.165) is 16.3 Å². The molecule has 2 N–H and O–H groups in total. The molecule has 0 aliphatic heterocycles. The maximum absolute atomic E-state index is 12.4. The van der Waals surface area contributed by atoms with Gasteiger partial charge < -0.3 is 15.4 Å². The van der Waals surface area contributed by atoms with E-state index in [4.69, 9.17) is 4.74 Å². The monoisotopic (exact) mass is 364 g/mol. The van der Waals surface area contributed by atoms with Crippen molar-refractivity contribution >= 4 is 29.0 Å². The van der Waals surface area contributed by atoms with Crippen molar-refractivity contribution in [2.45, 2.75) is 4.90 Å². The fourth-order valence-electron chi connectivity index (χ4n) is 2.43. The zero-order valence-electron chi connectivity index (χ0n) is 14.4. The molecule has 0 fully saturated rings. The minimum Gasteiger partial charge on any atom is -0.455 e. The van der Waals surface area contributed by atoms with Crippen molar-refractivity contribution in [1.82, 2.24) is 0 Å². The van der Waals surface area contributed by atoms with Crippen molar-refractivity contribution in [3.63, 3.8) is 0 Å². The van der Waals surface area contributed by atoms with Crippen molar-refractivity contribution in [1.29, 1.82) is 0 Å². The standard InChI is InChI=1S/C21H20N2O2S/c1-26-20-14-8-6-12-18(20)22-15-21(24)23-17-11-5-7-13-19(17)25-16-9-3-2-4-10-16/h2-14,22H,15H2,1H3,(H,23,24). The van der Waals surface area contributed by atoms with Crippen LogP contribution in [0.5, 0.6) is 11.5 Å². The first-order valence-corrected chi connectivity index (χ1v) is 9.47. The number of anilines is 2. The number of carbonyl (C=O) groups is 1. The highest BCUT2D eigenvalue weighted by Crippen LogP contribution is 2.29. The second-order valence-electron chi connectivity index (χ2n) is 5.51. The Balaban J connectivity index is 1.64. The Bertz CT molecular complexity index is 869. The summed E-state index contributed by atoms with van der Waals surface area (Å²) in [5, 5.41) is 6.08. The minimum absolute atomic E-state index is 0.134. The average Bonchev–Trinajstić information content (AvgIpc) is 2.69. The van der Waals surface area contributed by atoms with Crippen LogP contribution in [-0.2, 0) is 4.79 Å². The number of hydrogen-bond acceptors (Lipinski definition) is 4. The maximum Gasteiger partial charge on any atom is 0.243 e. The van der Waals surface area contributed by atoms with Crippen LogP contribution < -0.4 is 15.4 Å². The van der Waals surface area contributed by atoms with Crippen molar-refractivity contribution in [2.75, 3.05) is 23.4 Å². The first-order chi connectivity index (χ1) is 12.8. The van der Waals surface area contributed by atoms with E-state index in [9.17, 15) is 4.79 Å². The molecule has 3 aromatic rings. The molecule has 0 aliphatic rings. The summed E-state index contributed by atoms with van der Waals surface area (Å²) in [6.45, 7) is 0.178. The van der Waals surface area contributed by atoms with E-state index in [-0.39, 0.29) is 12.5 Å². The van der Waals surface area contributed by atoms with Gasteiger partial charge in [-0.1, -0.05) is 42.5 Å². The molecule has 0 bridgehead atoms. The molecule has 4 nitrogen and oxygen atoms in total. The van der Waals surface area contributed by atoms with E-state index in [2.05, 4.69) is 10.6 Å². The van der Waals surface area contributed by atoms with E-state index in [1.807, 2.05) is 85.1 Å². The fourth-order valence-corrected chi connectivity index (χ4v) is 3.01. The van der Waals surface area contributed by atoms with Crippen LogP contribution in [0.25, 0.3) is 0 Å². The lowest BCUT2D eigenvalue weighted by atomic mass is 10.2. The fraction of sp³-hybridized carbons (Fsp3) is 0.0952. The zero-order valence-corrected chi connectivity index (χ0v) is 15.3. The topological polar surface area (TPSA) is 50.4 Å². The van der Waals surface area contributed by atoms with Crippen LogP contribution in [0.1, 0.15) is 0 Å². The van der Waals surface area contributed by atoms with Crippen LogP contribution in [0.4, 0.5) is 11.4 Å². The summed E-state index contributed by atoms with van der Waals surface area (Å²) in [4.78, 5) is 13.5. The lowest BCUT2D eigenvalue weighted by molar-refractivity contribution is -0.114. The molecule has 0 heterocycles. The third-order valence-electron chi connectivity index (χ3n) is 3.68. The molecule has 0 spiro atoms. The first kappa shape index (κ1) is 17.9. The number of ether oxygens (including phenoxy) is 1. The van der Waals surface area contributed by atoms with Crippen molar-refractivity contribution in [3.8, 4) is 11.5 Å². The molecule has 0 saturated carbocycles. The van der Waals surface area contributed by atoms with Gasteiger partial charge in [-0.25, -0.2) is 0 Å². The van der Waals surface area contributed by atoms with Crippen LogP contribution in [-0.4, -0.2) is 18.7 Å². The second-order valence-corrected chi connectivity index (χ2v) is 6.36. The summed E-state index contributed by atoms with van der Waals surface area (Å²) in [6.07, 6.45) is 2.01. The summed E-state index contributed by atoms with van der Waals surface area (Å²) < 4.78 is 5.87. The van der Waals surface area contributed by atoms with Crippen LogP contribution in [0.15, 0.2) is 83.8 Å². The third kappa shape index (κ3) is 4.80. The number of para-hydroxylation sites is 4. The molecule has 0 radical (unpaired) electrons. The Morgan fingerprint density at radius 2 is 1.54 bits per heavy atom. The van der Waals surface area contributed by atoms with E-state index in [1.165, 1.54) is 0 Å². The SMILES string of the molecule is CSc1ccccc1NCC(=O)Nc1ccccc1Oc1ccccc1. The van der Waals surface area contributed by atoms with Gasteiger partial charge in [0.05, 0.1) is 12.2 Å². The molecular formula is C21H20N2O2S. The predicted octanol–water partition coefficient (Wildman–Crippen LogP) is 5.25. The predicted molar refractivity (Wildman–Crippen MR) is 108 cm³/mol. The quantitative estimate of drug-likeness (QED) is 0.562. The van der Waals surface area contributed by atoms with E-state index in [1.54, 1.807) is 11.8 Å². The van der Waals surface area contributed by atoms with Crippen LogP contribution in [0.3, 0.4) is 0 Å². The van der Waals surface area contributed by atoms with Gasteiger partial charge in [-0.15, -0.1) is 11.8 Å². The van der Waals surface area contributed by atoms with Gasteiger partial charge in [0.15, 0.2) is 5.75 Å². The molecular weight excluding hydrogens is 344 g/mol. The highest BCUT2D eigenvalue weighted by atomic mass is 32.2. The number of benzene rings is 3. The first-order valence-electron chi connectivity index (χ1n) is 8.25. The van der Waals surface area contributed by atoms with Crippen molar-refractivity contribution < 1.29 is 9.53 Å². The van der Waals surface area contributed by atoms with Gasteiger partial charge in [0, 0.05) is 10.6 Å². The van der Waals surface area contributed by atoms with E-state index < -0.39 is 0 Å². The zero-order chi connectivity index (χ0) is 18.2. The highest BCUT2D eigenvalue weighted by Gasteiger charge is 2.09. The lowest BCUT2D eigenvalue weighted by Gasteiger charge is -2.13. The van der Waals surface area contributed by atoms with E-state index in [0.29, 0.717) is 11.4 Å². The molecule has 0 unspecified atom stereocenters. The minimum atomic E-state index is -0.134. The highest BCUT2D eigenvalue weighted by molar-refractivity contribution is 7.98. The lowest BCUT2D eigenvalue weighted by Crippen LogP contribution is -2.22. The van der Waals surface area contributed by atoms with Gasteiger partial charge in [-0.2, -0.15) is 0 Å². The van der Waals surface area contributed by atoms with Gasteiger partial charge >= 0.3 is 0 Å². The second kappa shape index (κ2) is 8.97. The van der Waals surface area contributed by atoms with Gasteiger partial charge in [0.1, 0.15) is 5.75 Å². The Hall–Kier alpha value is -2.92. The van der Waals surface area contributed by atoms with Crippen LogP contribution in [0.2, 0.25) is 0 Å². The third-order valence-corrected chi connectivity index (χ3v) is 4.47. The summed E-state index contributed by atoms with van der Waals surface area (Å²) in [5.74, 6) is 1.20. The maximum atomic E-state index is 12.4. The molecule has 0 atom stereocenters. The Morgan fingerprint density at radius 3 is 2.31 bits per heavy atom. The summed E-state index contributed by atoms with van der Waals surface area (Å²) in [7, 11) is 0. The molecule has 0 saturated heterocycles. The number of hydrogen-bond donors (Lipinski definition) is 2. The molecule has 1 amide bonds. The Morgan fingerprint density at radius 1 is 0.885 bits per heavy atom. The van der Waals surface area contributed by atoms with Crippen molar-refractivity contribution in [2.24, 2.45) is 0 Å². The normalized spacial score (nSPS) is 10.2. The Labute approximate surface area is 157 Å². The molecule has 0 aliphatic carbocycles. The largest absolute Gasteiger partial charge is 0.455 e. The molecule has 3 aromatic carbocycles. The summed E-state index contributed by atoms with van der Waals surface area (Å²) in [5.41, 5.74) is 1.59. The molecule has 3 rings (SSSR count). The summed E-state index contributed by atoms with van der Waals surface area (Å²) >= 11 is 1.64. The summed E-state index contributed by atoms with van der Waals surface area (Å²) in [6, 6.07) is 24.8.